The molecular weight excluding hydrogens is 214 g/mol. The van der Waals surface area contributed by atoms with Crippen molar-refractivity contribution in [2.75, 3.05) is 0 Å². The minimum absolute atomic E-state index is 0.0525. The van der Waals surface area contributed by atoms with Gasteiger partial charge in [-0.2, -0.15) is 0 Å². The van der Waals surface area contributed by atoms with Crippen LogP contribution in [0.5, 0.6) is 0 Å². The average Bonchev–Trinajstić information content (AvgIpc) is 2.41. The van der Waals surface area contributed by atoms with Crippen molar-refractivity contribution in [2.45, 2.75) is 32.1 Å². The molecule has 0 atom stereocenters. The topological polar surface area (TPSA) is 38.7 Å². The van der Waals surface area contributed by atoms with E-state index in [9.17, 15) is 4.79 Å². The maximum absolute atomic E-state index is 11.7. The highest BCUT2D eigenvalue weighted by Crippen LogP contribution is 2.24. The Morgan fingerprint density at radius 1 is 1.18 bits per heavy atom. The third kappa shape index (κ3) is 3.70. The normalized spacial score (nSPS) is 17.2. The minimum atomic E-state index is -0.183. The van der Waals surface area contributed by atoms with Crippen LogP contribution in [-0.4, -0.2) is 12.2 Å². The molecule has 0 bridgehead atoms. The summed E-state index contributed by atoms with van der Waals surface area (Å²) in [5, 5.41) is 3.74. The summed E-state index contributed by atoms with van der Waals surface area (Å²) in [6.07, 6.45) is 6.95. The first-order chi connectivity index (χ1) is 8.36. The molecule has 3 nitrogen and oxygen atoms in total. The molecule has 0 aliphatic heterocycles. The van der Waals surface area contributed by atoms with Gasteiger partial charge in [0.05, 0.1) is 12.1 Å². The molecule has 17 heavy (non-hydrogen) atoms. The first-order valence-corrected chi connectivity index (χ1v) is 6.15. The predicted molar refractivity (Wildman–Crippen MR) is 66.7 cm³/mol. The number of hydrogen-bond acceptors (Lipinski definition) is 3. The van der Waals surface area contributed by atoms with Crippen molar-refractivity contribution >= 4 is 12.2 Å². The van der Waals surface area contributed by atoms with E-state index in [2.05, 4.69) is 5.16 Å². The summed E-state index contributed by atoms with van der Waals surface area (Å²) < 4.78 is 0. The summed E-state index contributed by atoms with van der Waals surface area (Å²) in [6, 6.07) is 9.61. The lowest BCUT2D eigenvalue weighted by atomic mass is 9.89. The van der Waals surface area contributed by atoms with Crippen LogP contribution in [0.25, 0.3) is 0 Å². The molecule has 2 rings (SSSR count). The lowest BCUT2D eigenvalue weighted by Gasteiger charge is -2.17. The number of hydrogen-bond donors (Lipinski definition) is 0. The highest BCUT2D eigenvalue weighted by atomic mass is 16.7. The van der Waals surface area contributed by atoms with E-state index in [1.165, 1.54) is 6.42 Å². The van der Waals surface area contributed by atoms with Crippen molar-refractivity contribution in [1.29, 1.82) is 0 Å². The highest BCUT2D eigenvalue weighted by Gasteiger charge is 2.22. The van der Waals surface area contributed by atoms with Crippen molar-refractivity contribution in [1.82, 2.24) is 0 Å². The van der Waals surface area contributed by atoms with Gasteiger partial charge in [-0.05, 0) is 18.4 Å². The molecule has 1 saturated carbocycles. The van der Waals surface area contributed by atoms with Gasteiger partial charge >= 0.3 is 5.97 Å². The Morgan fingerprint density at radius 2 is 1.88 bits per heavy atom. The number of oxime groups is 1. The van der Waals surface area contributed by atoms with Crippen LogP contribution in [0.15, 0.2) is 35.5 Å². The lowest BCUT2D eigenvalue weighted by molar-refractivity contribution is -0.149. The van der Waals surface area contributed by atoms with Gasteiger partial charge in [-0.3, -0.25) is 0 Å². The van der Waals surface area contributed by atoms with Gasteiger partial charge in [0.25, 0.3) is 0 Å². The quantitative estimate of drug-likeness (QED) is 0.455. The molecule has 1 aliphatic carbocycles. The molecule has 3 heteroatoms. The number of carbonyl (C=O) groups is 1. The van der Waals surface area contributed by atoms with E-state index in [-0.39, 0.29) is 11.9 Å². The molecule has 0 N–H and O–H groups in total. The molecule has 0 amide bonds. The maximum Gasteiger partial charge on any atom is 0.338 e. The molecule has 1 aliphatic rings. The fourth-order valence-corrected chi connectivity index (χ4v) is 2.09. The van der Waals surface area contributed by atoms with Gasteiger partial charge in [0, 0.05) is 0 Å². The first-order valence-electron chi connectivity index (χ1n) is 6.15. The van der Waals surface area contributed by atoms with Gasteiger partial charge in [-0.1, -0.05) is 54.8 Å². The summed E-state index contributed by atoms with van der Waals surface area (Å²) in [4.78, 5) is 16.6. The van der Waals surface area contributed by atoms with Gasteiger partial charge in [-0.25, -0.2) is 4.79 Å². The van der Waals surface area contributed by atoms with Crippen LogP contribution in [0.2, 0.25) is 0 Å². The van der Waals surface area contributed by atoms with Gasteiger partial charge in [-0.15, -0.1) is 0 Å². The Bertz CT molecular complexity index is 380. The SMILES string of the molecule is O=C(O/N=C\c1ccccc1)C1CCCCC1. The number of nitrogens with zero attached hydrogens (tertiary/aromatic N) is 1. The second kappa shape index (κ2) is 6.18. The van der Waals surface area contributed by atoms with E-state index in [1.54, 1.807) is 6.21 Å². The fourth-order valence-electron chi connectivity index (χ4n) is 2.09. The summed E-state index contributed by atoms with van der Waals surface area (Å²) in [5.41, 5.74) is 0.934. The zero-order valence-corrected chi connectivity index (χ0v) is 9.84. The third-order valence-electron chi connectivity index (χ3n) is 3.08. The summed E-state index contributed by atoms with van der Waals surface area (Å²) in [5.74, 6) is -0.131. The van der Waals surface area contributed by atoms with E-state index in [0.717, 1.165) is 31.2 Å². The molecule has 1 aromatic carbocycles. The van der Waals surface area contributed by atoms with E-state index >= 15 is 0 Å². The van der Waals surface area contributed by atoms with Crippen LogP contribution in [0.3, 0.4) is 0 Å². The molecule has 0 unspecified atom stereocenters. The number of rotatable bonds is 3. The summed E-state index contributed by atoms with van der Waals surface area (Å²) >= 11 is 0. The molecule has 0 spiro atoms. The lowest BCUT2D eigenvalue weighted by Crippen LogP contribution is -2.18. The smallest absolute Gasteiger partial charge is 0.318 e. The molecule has 0 aromatic heterocycles. The monoisotopic (exact) mass is 231 g/mol. The van der Waals surface area contributed by atoms with Crippen molar-refractivity contribution < 1.29 is 9.63 Å². The maximum atomic E-state index is 11.7. The summed E-state index contributed by atoms with van der Waals surface area (Å²) in [7, 11) is 0. The van der Waals surface area contributed by atoms with Gasteiger partial charge in [0.15, 0.2) is 0 Å². The van der Waals surface area contributed by atoms with Crippen LogP contribution >= 0.6 is 0 Å². The largest absolute Gasteiger partial charge is 0.338 e. The fraction of sp³-hybridized carbons (Fsp3) is 0.429. The van der Waals surface area contributed by atoms with Crippen LogP contribution < -0.4 is 0 Å². The second-order valence-corrected chi connectivity index (χ2v) is 4.39. The van der Waals surface area contributed by atoms with Gasteiger partial charge in [0.2, 0.25) is 0 Å². The van der Waals surface area contributed by atoms with Gasteiger partial charge in [0.1, 0.15) is 0 Å². The van der Waals surface area contributed by atoms with Crippen LogP contribution in [-0.2, 0) is 9.63 Å². The third-order valence-corrected chi connectivity index (χ3v) is 3.08. The highest BCUT2D eigenvalue weighted by molar-refractivity contribution is 5.80. The molecule has 90 valence electrons. The average molecular weight is 231 g/mol. The molecule has 0 heterocycles. The van der Waals surface area contributed by atoms with E-state index in [4.69, 9.17) is 4.84 Å². The molecule has 0 saturated heterocycles. The standard InChI is InChI=1S/C14H17NO2/c16-14(13-9-5-2-6-10-13)17-15-11-12-7-3-1-4-8-12/h1,3-4,7-8,11,13H,2,5-6,9-10H2/b15-11-. The number of carbonyl (C=O) groups excluding carboxylic acids is 1. The van der Waals surface area contributed by atoms with E-state index < -0.39 is 0 Å². The van der Waals surface area contributed by atoms with Crippen molar-refractivity contribution in [3.8, 4) is 0 Å². The first kappa shape index (κ1) is 11.8. The predicted octanol–water partition coefficient (Wildman–Crippen LogP) is 3.14. The van der Waals surface area contributed by atoms with E-state index in [0.29, 0.717) is 0 Å². The zero-order chi connectivity index (χ0) is 11.9. The Kier molecular flexibility index (Phi) is 4.30. The Labute approximate surface area is 101 Å². The Balaban J connectivity index is 1.81. The van der Waals surface area contributed by atoms with Crippen LogP contribution in [0.1, 0.15) is 37.7 Å². The Hall–Kier alpha value is -1.64. The summed E-state index contributed by atoms with van der Waals surface area (Å²) in [6.45, 7) is 0. The van der Waals surface area contributed by atoms with Crippen LogP contribution in [0.4, 0.5) is 0 Å². The minimum Gasteiger partial charge on any atom is -0.318 e. The molecule has 1 fully saturated rings. The van der Waals surface area contributed by atoms with Crippen molar-refractivity contribution in [3.05, 3.63) is 35.9 Å². The number of benzene rings is 1. The van der Waals surface area contributed by atoms with Crippen LogP contribution in [0, 0.1) is 5.92 Å². The molecule has 0 radical (unpaired) electrons. The Morgan fingerprint density at radius 3 is 2.59 bits per heavy atom. The molecule has 1 aromatic rings. The second-order valence-electron chi connectivity index (χ2n) is 4.39. The molecular formula is C14H17NO2. The zero-order valence-electron chi connectivity index (χ0n) is 9.84. The van der Waals surface area contributed by atoms with Crippen molar-refractivity contribution in [2.24, 2.45) is 11.1 Å². The van der Waals surface area contributed by atoms with Gasteiger partial charge < -0.3 is 4.84 Å². The van der Waals surface area contributed by atoms with Crippen molar-refractivity contribution in [3.63, 3.8) is 0 Å². The van der Waals surface area contributed by atoms with E-state index in [1.807, 2.05) is 30.3 Å².